The molecule has 0 saturated carbocycles. The number of aryl methyl sites for hydroxylation is 1. The van der Waals surface area contributed by atoms with Crippen molar-refractivity contribution < 1.29 is 9.59 Å². The summed E-state index contributed by atoms with van der Waals surface area (Å²) in [5.41, 5.74) is 2.72. The largest absolute Gasteiger partial charge is 0.347 e. The highest BCUT2D eigenvalue weighted by Crippen LogP contribution is 2.29. The van der Waals surface area contributed by atoms with Gasteiger partial charge in [0.1, 0.15) is 0 Å². The Hall–Kier alpha value is -3.38. The predicted molar refractivity (Wildman–Crippen MR) is 121 cm³/mol. The number of aromatic nitrogens is 1. The fraction of sp³-hybridized carbons (Fsp3) is 0.208. The molecule has 0 radical (unpaired) electrons. The van der Waals surface area contributed by atoms with Crippen LogP contribution >= 0.6 is 11.6 Å². The van der Waals surface area contributed by atoms with E-state index in [1.54, 1.807) is 36.9 Å². The van der Waals surface area contributed by atoms with Gasteiger partial charge in [0.2, 0.25) is 5.91 Å². The number of pyridine rings is 1. The molecule has 0 spiro atoms. The van der Waals surface area contributed by atoms with Crippen LogP contribution in [0.3, 0.4) is 0 Å². The number of halogens is 1. The molecule has 31 heavy (non-hydrogen) atoms. The maximum absolute atomic E-state index is 13.2. The van der Waals surface area contributed by atoms with Crippen molar-refractivity contribution in [3.05, 3.63) is 92.9 Å². The van der Waals surface area contributed by atoms with Crippen LogP contribution in [0.1, 0.15) is 28.0 Å². The van der Waals surface area contributed by atoms with E-state index in [1.807, 2.05) is 36.4 Å². The monoisotopic (exact) mass is 435 g/mol. The second-order valence-electron chi connectivity index (χ2n) is 7.63. The molecule has 1 aliphatic rings. The highest BCUT2D eigenvalue weighted by molar-refractivity contribution is 6.33. The number of carbonyl (C=O) groups excluding carboxylic acids is 2. The van der Waals surface area contributed by atoms with Crippen molar-refractivity contribution in [3.63, 3.8) is 0 Å². The molecule has 0 bridgehead atoms. The maximum atomic E-state index is 13.2. The molecule has 158 valence electrons. The minimum atomic E-state index is -0.354. The Morgan fingerprint density at radius 2 is 1.71 bits per heavy atom. The second kappa shape index (κ2) is 8.40. The Morgan fingerprint density at radius 3 is 2.42 bits per heavy atom. The minimum Gasteiger partial charge on any atom is -0.347 e. The number of nitrogens with zero attached hydrogens (tertiary/aromatic N) is 2. The number of hydrogen-bond acceptors (Lipinski definition) is 3. The molecule has 7 heteroatoms. The van der Waals surface area contributed by atoms with Gasteiger partial charge in [0, 0.05) is 30.4 Å². The fourth-order valence-electron chi connectivity index (χ4n) is 4.09. The lowest BCUT2D eigenvalue weighted by Gasteiger charge is -2.20. The third-order valence-electron chi connectivity index (χ3n) is 5.50. The van der Waals surface area contributed by atoms with Crippen LogP contribution in [-0.2, 0) is 4.79 Å². The fourth-order valence-corrected chi connectivity index (χ4v) is 4.33. The van der Waals surface area contributed by atoms with Crippen molar-refractivity contribution in [2.75, 3.05) is 11.4 Å². The van der Waals surface area contributed by atoms with E-state index < -0.39 is 0 Å². The maximum Gasteiger partial charge on any atom is 0.255 e. The van der Waals surface area contributed by atoms with Crippen LogP contribution in [0, 0.1) is 13.8 Å². The van der Waals surface area contributed by atoms with E-state index in [9.17, 15) is 14.4 Å². The number of rotatable bonds is 4. The van der Waals surface area contributed by atoms with E-state index in [-0.39, 0.29) is 29.8 Å². The van der Waals surface area contributed by atoms with Crippen LogP contribution in [-0.4, -0.2) is 29.0 Å². The summed E-state index contributed by atoms with van der Waals surface area (Å²) in [6, 6.07) is 17.4. The standard InChI is InChI=1S/C24H22ClN3O3/c1-15-12-22(30)28(18-8-4-3-5-9-18)16(2)23(15)24(31)26-17-13-21(29)27(14-17)20-11-7-6-10-19(20)25/h3-12,17H,13-14H2,1-2H3,(H,26,31). The second-order valence-corrected chi connectivity index (χ2v) is 8.03. The van der Waals surface area contributed by atoms with Gasteiger partial charge in [0.05, 0.1) is 22.3 Å². The number of hydrogen-bond donors (Lipinski definition) is 1. The lowest BCUT2D eigenvalue weighted by molar-refractivity contribution is -0.117. The van der Waals surface area contributed by atoms with E-state index in [0.717, 1.165) is 0 Å². The van der Waals surface area contributed by atoms with E-state index in [1.165, 1.54) is 10.6 Å². The molecule has 0 aliphatic carbocycles. The molecule has 1 aliphatic heterocycles. The summed E-state index contributed by atoms with van der Waals surface area (Å²) < 4.78 is 1.53. The molecular formula is C24H22ClN3O3. The zero-order valence-electron chi connectivity index (χ0n) is 17.3. The molecule has 1 atom stereocenters. The summed E-state index contributed by atoms with van der Waals surface area (Å²) >= 11 is 6.24. The predicted octanol–water partition coefficient (Wildman–Crippen LogP) is 3.64. The molecule has 1 N–H and O–H groups in total. The van der Waals surface area contributed by atoms with Gasteiger partial charge < -0.3 is 10.2 Å². The van der Waals surface area contributed by atoms with Crippen molar-refractivity contribution in [1.29, 1.82) is 0 Å². The molecule has 1 fully saturated rings. The van der Waals surface area contributed by atoms with E-state index in [4.69, 9.17) is 11.6 Å². The highest BCUT2D eigenvalue weighted by atomic mass is 35.5. The lowest BCUT2D eigenvalue weighted by Crippen LogP contribution is -2.39. The third-order valence-corrected chi connectivity index (χ3v) is 5.82. The number of carbonyl (C=O) groups is 2. The molecule has 2 heterocycles. The van der Waals surface area contributed by atoms with Gasteiger partial charge in [-0.1, -0.05) is 41.9 Å². The van der Waals surface area contributed by atoms with Crippen molar-refractivity contribution in [1.82, 2.24) is 9.88 Å². The molecule has 2 amide bonds. The van der Waals surface area contributed by atoms with Crippen LogP contribution in [0.15, 0.2) is 65.5 Å². The highest BCUT2D eigenvalue weighted by Gasteiger charge is 2.33. The smallest absolute Gasteiger partial charge is 0.255 e. The van der Waals surface area contributed by atoms with E-state index in [0.29, 0.717) is 39.8 Å². The number of amides is 2. The van der Waals surface area contributed by atoms with Crippen LogP contribution in [0.2, 0.25) is 5.02 Å². The summed E-state index contributed by atoms with van der Waals surface area (Å²) in [5.74, 6) is -0.403. The SMILES string of the molecule is Cc1cc(=O)n(-c2ccccc2)c(C)c1C(=O)NC1CC(=O)N(c2ccccc2Cl)C1. The average molecular weight is 436 g/mol. The molecule has 1 saturated heterocycles. The van der Waals surface area contributed by atoms with Crippen LogP contribution < -0.4 is 15.8 Å². The first-order valence-electron chi connectivity index (χ1n) is 10.0. The first-order chi connectivity index (χ1) is 14.9. The Kier molecular flexibility index (Phi) is 5.65. The lowest BCUT2D eigenvalue weighted by atomic mass is 10.1. The van der Waals surface area contributed by atoms with Crippen molar-refractivity contribution in [2.45, 2.75) is 26.3 Å². The van der Waals surface area contributed by atoms with Crippen molar-refractivity contribution in [3.8, 4) is 5.69 Å². The van der Waals surface area contributed by atoms with Gasteiger partial charge in [-0.25, -0.2) is 0 Å². The van der Waals surface area contributed by atoms with E-state index >= 15 is 0 Å². The molecule has 1 unspecified atom stereocenters. The summed E-state index contributed by atoms with van der Waals surface area (Å²) in [5, 5.41) is 3.45. The summed E-state index contributed by atoms with van der Waals surface area (Å²) in [6.45, 7) is 3.84. The Balaban J connectivity index is 1.61. The number of benzene rings is 2. The summed E-state index contributed by atoms with van der Waals surface area (Å²) in [4.78, 5) is 39.9. The Morgan fingerprint density at radius 1 is 1.03 bits per heavy atom. The Bertz CT molecular complexity index is 1220. The van der Waals surface area contributed by atoms with Gasteiger partial charge in [-0.05, 0) is 43.7 Å². The van der Waals surface area contributed by atoms with Crippen molar-refractivity contribution >= 4 is 29.1 Å². The van der Waals surface area contributed by atoms with Gasteiger partial charge >= 0.3 is 0 Å². The summed E-state index contributed by atoms with van der Waals surface area (Å²) in [6.07, 6.45) is 0.188. The first-order valence-corrected chi connectivity index (χ1v) is 10.4. The molecule has 1 aromatic heterocycles. The topological polar surface area (TPSA) is 71.4 Å². The third kappa shape index (κ3) is 3.99. The molecule has 3 aromatic rings. The van der Waals surface area contributed by atoms with Gasteiger partial charge in [0.15, 0.2) is 0 Å². The van der Waals surface area contributed by atoms with Crippen LogP contribution in [0.4, 0.5) is 5.69 Å². The minimum absolute atomic E-state index is 0.0962. The van der Waals surface area contributed by atoms with E-state index in [2.05, 4.69) is 5.32 Å². The van der Waals surface area contributed by atoms with Gasteiger partial charge in [-0.15, -0.1) is 0 Å². The average Bonchev–Trinajstić information content (AvgIpc) is 3.08. The molecular weight excluding hydrogens is 414 g/mol. The normalized spacial score (nSPS) is 15.9. The van der Waals surface area contributed by atoms with Crippen molar-refractivity contribution in [2.24, 2.45) is 0 Å². The number of para-hydroxylation sites is 2. The molecule has 4 rings (SSSR count). The first kappa shape index (κ1) is 20.9. The number of anilines is 1. The molecule has 2 aromatic carbocycles. The number of nitrogens with one attached hydrogen (secondary N) is 1. The van der Waals surface area contributed by atoms with Gasteiger partial charge in [-0.3, -0.25) is 19.0 Å². The van der Waals surface area contributed by atoms with Gasteiger partial charge in [-0.2, -0.15) is 0 Å². The quantitative estimate of drug-likeness (QED) is 0.680. The van der Waals surface area contributed by atoms with Crippen LogP contribution in [0.25, 0.3) is 5.69 Å². The Labute approximate surface area is 185 Å². The summed E-state index contributed by atoms with van der Waals surface area (Å²) in [7, 11) is 0. The zero-order chi connectivity index (χ0) is 22.1. The zero-order valence-corrected chi connectivity index (χ0v) is 18.0. The van der Waals surface area contributed by atoms with Gasteiger partial charge in [0.25, 0.3) is 11.5 Å². The molecule has 6 nitrogen and oxygen atoms in total. The van der Waals surface area contributed by atoms with Crippen LogP contribution in [0.5, 0.6) is 0 Å².